The van der Waals surface area contributed by atoms with E-state index in [1.165, 1.54) is 10.2 Å². The summed E-state index contributed by atoms with van der Waals surface area (Å²) in [5.74, 6) is 0.564. The van der Waals surface area contributed by atoms with Gasteiger partial charge in [0.25, 0.3) is 0 Å². The number of aromatic nitrogens is 4. The SMILES string of the molecule is CCc1ccc(OCn2cc(NC(=O)Cn3cc(Cl)c(C)n3)cn2)cc1. The number of nitrogens with one attached hydrogen (secondary N) is 1. The first-order chi connectivity index (χ1) is 12.5. The van der Waals surface area contributed by atoms with Crippen molar-refractivity contribution in [3.8, 4) is 5.75 Å². The van der Waals surface area contributed by atoms with Crippen molar-refractivity contribution < 1.29 is 9.53 Å². The lowest BCUT2D eigenvalue weighted by atomic mass is 10.2. The van der Waals surface area contributed by atoms with Gasteiger partial charge in [0.1, 0.15) is 12.3 Å². The van der Waals surface area contributed by atoms with Gasteiger partial charge in [0.2, 0.25) is 5.91 Å². The number of carbonyl (C=O) groups is 1. The Morgan fingerprint density at radius 1 is 1.23 bits per heavy atom. The van der Waals surface area contributed by atoms with Crippen LogP contribution in [-0.2, 0) is 24.5 Å². The van der Waals surface area contributed by atoms with Crippen LogP contribution < -0.4 is 10.1 Å². The maximum Gasteiger partial charge on any atom is 0.246 e. The number of ether oxygens (including phenoxy) is 1. The maximum atomic E-state index is 12.1. The molecule has 0 spiro atoms. The van der Waals surface area contributed by atoms with Gasteiger partial charge in [0.15, 0.2) is 6.73 Å². The highest BCUT2D eigenvalue weighted by Gasteiger charge is 2.08. The Bertz CT molecular complexity index is 866. The molecule has 0 atom stereocenters. The molecule has 0 saturated heterocycles. The van der Waals surface area contributed by atoms with Crippen LogP contribution in [0.25, 0.3) is 0 Å². The van der Waals surface area contributed by atoms with Gasteiger partial charge in [-0.25, -0.2) is 4.68 Å². The van der Waals surface area contributed by atoms with E-state index in [0.29, 0.717) is 16.4 Å². The van der Waals surface area contributed by atoms with Gasteiger partial charge >= 0.3 is 0 Å². The molecule has 26 heavy (non-hydrogen) atoms. The molecule has 2 heterocycles. The highest BCUT2D eigenvalue weighted by atomic mass is 35.5. The van der Waals surface area contributed by atoms with E-state index in [2.05, 4.69) is 22.4 Å². The zero-order chi connectivity index (χ0) is 18.5. The summed E-state index contributed by atoms with van der Waals surface area (Å²) in [6, 6.07) is 7.94. The van der Waals surface area contributed by atoms with E-state index in [9.17, 15) is 4.79 Å². The summed E-state index contributed by atoms with van der Waals surface area (Å²) in [5, 5.41) is 11.6. The Kier molecular flexibility index (Phi) is 5.58. The number of hydrogen-bond donors (Lipinski definition) is 1. The molecule has 1 aromatic carbocycles. The summed E-state index contributed by atoms with van der Waals surface area (Å²) in [5.41, 5.74) is 2.54. The fourth-order valence-electron chi connectivity index (χ4n) is 2.38. The summed E-state index contributed by atoms with van der Waals surface area (Å²) in [7, 11) is 0. The minimum atomic E-state index is -0.209. The number of rotatable bonds is 7. The lowest BCUT2D eigenvalue weighted by Crippen LogP contribution is -2.18. The van der Waals surface area contributed by atoms with Crippen molar-refractivity contribution in [2.24, 2.45) is 0 Å². The highest BCUT2D eigenvalue weighted by Crippen LogP contribution is 2.14. The Labute approximate surface area is 156 Å². The van der Waals surface area contributed by atoms with Crippen LogP contribution >= 0.6 is 11.6 Å². The lowest BCUT2D eigenvalue weighted by molar-refractivity contribution is -0.116. The van der Waals surface area contributed by atoms with E-state index in [0.717, 1.165) is 12.2 Å². The van der Waals surface area contributed by atoms with Gasteiger partial charge < -0.3 is 10.1 Å². The molecule has 8 heteroatoms. The average molecular weight is 374 g/mol. The number of amides is 1. The maximum absolute atomic E-state index is 12.1. The first-order valence-electron chi connectivity index (χ1n) is 8.27. The summed E-state index contributed by atoms with van der Waals surface area (Å²) in [6.45, 7) is 4.24. The molecule has 136 valence electrons. The third-order valence-electron chi connectivity index (χ3n) is 3.80. The second-order valence-electron chi connectivity index (χ2n) is 5.85. The number of anilines is 1. The fraction of sp³-hybridized carbons (Fsp3) is 0.278. The second-order valence-corrected chi connectivity index (χ2v) is 6.25. The van der Waals surface area contributed by atoms with Crippen molar-refractivity contribution in [1.82, 2.24) is 19.6 Å². The van der Waals surface area contributed by atoms with Crippen molar-refractivity contribution in [3.05, 3.63) is 59.1 Å². The molecule has 3 aromatic rings. The molecule has 0 aliphatic carbocycles. The van der Waals surface area contributed by atoms with Crippen LogP contribution in [0.1, 0.15) is 18.2 Å². The van der Waals surface area contributed by atoms with Crippen LogP contribution in [0.3, 0.4) is 0 Å². The number of hydrogen-bond acceptors (Lipinski definition) is 4. The molecule has 0 unspecified atom stereocenters. The standard InChI is InChI=1S/C18H20ClN5O2/c1-3-14-4-6-16(7-5-14)26-12-24-9-15(8-20-24)21-18(25)11-23-10-17(19)13(2)22-23/h4-10H,3,11-12H2,1-2H3,(H,21,25). The first-order valence-corrected chi connectivity index (χ1v) is 8.65. The van der Waals surface area contributed by atoms with Crippen LogP contribution in [0, 0.1) is 6.92 Å². The zero-order valence-electron chi connectivity index (χ0n) is 14.6. The third kappa shape index (κ3) is 4.64. The second kappa shape index (κ2) is 8.05. The molecule has 3 rings (SSSR count). The van der Waals surface area contributed by atoms with Gasteiger partial charge in [-0.15, -0.1) is 0 Å². The topological polar surface area (TPSA) is 74.0 Å². The van der Waals surface area contributed by atoms with Gasteiger partial charge in [-0.3, -0.25) is 9.48 Å². The number of nitrogens with zero attached hydrogens (tertiary/aromatic N) is 4. The predicted molar refractivity (Wildman–Crippen MR) is 99.3 cm³/mol. The largest absolute Gasteiger partial charge is 0.471 e. The Hall–Kier alpha value is -2.80. The summed E-state index contributed by atoms with van der Waals surface area (Å²) in [4.78, 5) is 12.1. The summed E-state index contributed by atoms with van der Waals surface area (Å²) < 4.78 is 8.79. The van der Waals surface area contributed by atoms with E-state index < -0.39 is 0 Å². The van der Waals surface area contributed by atoms with E-state index in [4.69, 9.17) is 16.3 Å². The summed E-state index contributed by atoms with van der Waals surface area (Å²) >= 11 is 5.94. The molecule has 1 amide bonds. The first kappa shape index (κ1) is 18.0. The molecular weight excluding hydrogens is 354 g/mol. The number of benzene rings is 1. The molecule has 2 aromatic heterocycles. The van der Waals surface area contributed by atoms with Gasteiger partial charge in [-0.2, -0.15) is 10.2 Å². The van der Waals surface area contributed by atoms with E-state index in [-0.39, 0.29) is 19.2 Å². The van der Waals surface area contributed by atoms with Crippen LogP contribution in [-0.4, -0.2) is 25.5 Å². The number of halogens is 1. The van der Waals surface area contributed by atoms with Gasteiger partial charge in [0, 0.05) is 6.20 Å². The van der Waals surface area contributed by atoms with Gasteiger partial charge in [-0.05, 0) is 31.0 Å². The minimum absolute atomic E-state index is 0.0824. The molecule has 0 radical (unpaired) electrons. The fourth-order valence-corrected chi connectivity index (χ4v) is 2.53. The average Bonchev–Trinajstić information content (AvgIpc) is 3.19. The quantitative estimate of drug-likeness (QED) is 0.689. The van der Waals surface area contributed by atoms with Crippen molar-refractivity contribution in [3.63, 3.8) is 0 Å². The van der Waals surface area contributed by atoms with E-state index in [1.54, 1.807) is 30.2 Å². The van der Waals surface area contributed by atoms with Gasteiger partial charge in [-0.1, -0.05) is 30.7 Å². The Morgan fingerprint density at radius 2 is 2.00 bits per heavy atom. The van der Waals surface area contributed by atoms with E-state index >= 15 is 0 Å². The Balaban J connectivity index is 1.51. The van der Waals surface area contributed by atoms with Crippen molar-refractivity contribution in [1.29, 1.82) is 0 Å². The predicted octanol–water partition coefficient (Wildman–Crippen LogP) is 3.28. The number of aryl methyl sites for hydroxylation is 2. The normalized spacial score (nSPS) is 10.7. The highest BCUT2D eigenvalue weighted by molar-refractivity contribution is 6.31. The van der Waals surface area contributed by atoms with E-state index in [1.807, 2.05) is 24.3 Å². The molecule has 1 N–H and O–H groups in total. The van der Waals surface area contributed by atoms with Crippen LogP contribution in [0.15, 0.2) is 42.9 Å². The number of carbonyl (C=O) groups excluding carboxylic acids is 1. The third-order valence-corrected chi connectivity index (χ3v) is 4.18. The molecule has 0 aliphatic heterocycles. The molecule has 0 aliphatic rings. The Morgan fingerprint density at radius 3 is 2.65 bits per heavy atom. The molecule has 0 bridgehead atoms. The van der Waals surface area contributed by atoms with Crippen LogP contribution in [0.5, 0.6) is 5.75 Å². The van der Waals surface area contributed by atoms with Crippen molar-refractivity contribution >= 4 is 23.2 Å². The summed E-state index contributed by atoms with van der Waals surface area (Å²) in [6.07, 6.45) is 5.90. The lowest BCUT2D eigenvalue weighted by Gasteiger charge is -2.06. The minimum Gasteiger partial charge on any atom is -0.471 e. The molecular formula is C18H20ClN5O2. The monoisotopic (exact) mass is 373 g/mol. The molecule has 0 saturated carbocycles. The van der Waals surface area contributed by atoms with Crippen LogP contribution in [0.2, 0.25) is 5.02 Å². The van der Waals surface area contributed by atoms with Crippen molar-refractivity contribution in [2.75, 3.05) is 5.32 Å². The molecule has 0 fully saturated rings. The van der Waals surface area contributed by atoms with Crippen LogP contribution in [0.4, 0.5) is 5.69 Å². The molecule has 7 nitrogen and oxygen atoms in total. The van der Waals surface area contributed by atoms with Gasteiger partial charge in [0.05, 0.1) is 28.8 Å². The zero-order valence-corrected chi connectivity index (χ0v) is 15.4. The smallest absolute Gasteiger partial charge is 0.246 e. The van der Waals surface area contributed by atoms with Crippen molar-refractivity contribution in [2.45, 2.75) is 33.5 Å².